The molecule has 0 radical (unpaired) electrons. The zero-order chi connectivity index (χ0) is 17.8. The van der Waals surface area contributed by atoms with Crippen LogP contribution in [0.2, 0.25) is 0 Å². The molecule has 7 nitrogen and oxygen atoms in total. The van der Waals surface area contributed by atoms with E-state index in [-0.39, 0.29) is 11.9 Å². The molecule has 0 unspecified atom stereocenters. The molecule has 0 bridgehead atoms. The Morgan fingerprint density at radius 3 is 3.00 bits per heavy atom. The minimum Gasteiger partial charge on any atom is -0.472 e. The molecular weight excluding hydrogens is 320 g/mol. The van der Waals surface area contributed by atoms with Gasteiger partial charge in [0.15, 0.2) is 5.82 Å². The van der Waals surface area contributed by atoms with Gasteiger partial charge in [-0.15, -0.1) is 10.2 Å². The molecule has 1 saturated heterocycles. The molecule has 1 fully saturated rings. The van der Waals surface area contributed by atoms with Crippen LogP contribution in [0.25, 0.3) is 11.4 Å². The van der Waals surface area contributed by atoms with Crippen LogP contribution in [0.5, 0.6) is 0 Å². The first-order valence-electron chi connectivity index (χ1n) is 8.62. The summed E-state index contributed by atoms with van der Waals surface area (Å²) in [4.78, 5) is 14.2. The summed E-state index contributed by atoms with van der Waals surface area (Å²) in [7, 11) is 0. The van der Waals surface area contributed by atoms with Gasteiger partial charge in [0.1, 0.15) is 6.26 Å². The maximum atomic E-state index is 12.1. The van der Waals surface area contributed by atoms with Crippen molar-refractivity contribution in [3.05, 3.63) is 30.7 Å². The standard InChI is InChI=1S/C18H24N4O3/c1-4-25-17(23)14-6-5-8-21(11-14)18-20-19-16(15-7-9-24-12-15)22(18)10-13(2)3/h7,9,12,14H,2,4-6,8,10-11H2,1,3H3/t14-/m1/s1. The van der Waals surface area contributed by atoms with Gasteiger partial charge in [0, 0.05) is 19.6 Å². The Kier molecular flexibility index (Phi) is 5.21. The van der Waals surface area contributed by atoms with Gasteiger partial charge in [0.25, 0.3) is 0 Å². The third-order valence-electron chi connectivity index (χ3n) is 4.26. The van der Waals surface area contributed by atoms with Crippen LogP contribution < -0.4 is 4.90 Å². The number of esters is 1. The topological polar surface area (TPSA) is 73.4 Å². The highest BCUT2D eigenvalue weighted by Gasteiger charge is 2.30. The maximum Gasteiger partial charge on any atom is 0.310 e. The van der Waals surface area contributed by atoms with Gasteiger partial charge in [-0.05, 0) is 32.8 Å². The van der Waals surface area contributed by atoms with Crippen molar-refractivity contribution in [2.45, 2.75) is 33.2 Å². The molecule has 7 heteroatoms. The normalized spacial score (nSPS) is 17.5. The lowest BCUT2D eigenvalue weighted by atomic mass is 9.98. The number of carbonyl (C=O) groups is 1. The summed E-state index contributed by atoms with van der Waals surface area (Å²) in [5, 5.41) is 8.74. The van der Waals surface area contributed by atoms with Gasteiger partial charge in [0.2, 0.25) is 5.95 Å². The van der Waals surface area contributed by atoms with Crippen LogP contribution in [-0.2, 0) is 16.1 Å². The molecule has 25 heavy (non-hydrogen) atoms. The SMILES string of the molecule is C=C(C)Cn1c(-c2ccoc2)nnc1N1CCC[C@@H](C(=O)OCC)C1. The van der Waals surface area contributed by atoms with Gasteiger partial charge in [-0.1, -0.05) is 12.2 Å². The van der Waals surface area contributed by atoms with Crippen molar-refractivity contribution in [3.63, 3.8) is 0 Å². The van der Waals surface area contributed by atoms with Gasteiger partial charge < -0.3 is 14.1 Å². The summed E-state index contributed by atoms with van der Waals surface area (Å²) in [5.41, 5.74) is 1.88. The van der Waals surface area contributed by atoms with Crippen LogP contribution in [0.15, 0.2) is 35.2 Å². The average Bonchev–Trinajstić information content (AvgIpc) is 3.24. The average molecular weight is 344 g/mol. The van der Waals surface area contributed by atoms with Gasteiger partial charge in [-0.25, -0.2) is 0 Å². The predicted molar refractivity (Wildman–Crippen MR) is 94.1 cm³/mol. The van der Waals surface area contributed by atoms with E-state index in [1.54, 1.807) is 12.5 Å². The Morgan fingerprint density at radius 2 is 2.32 bits per heavy atom. The van der Waals surface area contributed by atoms with Gasteiger partial charge >= 0.3 is 5.97 Å². The van der Waals surface area contributed by atoms with Crippen LogP contribution in [0.4, 0.5) is 5.95 Å². The van der Waals surface area contributed by atoms with Gasteiger partial charge in [-0.2, -0.15) is 0 Å². The van der Waals surface area contributed by atoms with E-state index in [0.29, 0.717) is 19.7 Å². The highest BCUT2D eigenvalue weighted by Crippen LogP contribution is 2.28. The third kappa shape index (κ3) is 3.75. The number of aromatic nitrogens is 3. The van der Waals surface area contributed by atoms with E-state index in [9.17, 15) is 4.79 Å². The van der Waals surface area contributed by atoms with E-state index in [4.69, 9.17) is 9.15 Å². The van der Waals surface area contributed by atoms with Crippen LogP contribution in [0.1, 0.15) is 26.7 Å². The van der Waals surface area contributed by atoms with Crippen molar-refractivity contribution in [3.8, 4) is 11.4 Å². The zero-order valence-corrected chi connectivity index (χ0v) is 14.8. The molecule has 0 spiro atoms. The molecule has 3 rings (SSSR count). The maximum absolute atomic E-state index is 12.1. The first-order chi connectivity index (χ1) is 12.1. The van der Waals surface area contributed by atoms with Crippen molar-refractivity contribution in [2.24, 2.45) is 5.92 Å². The Morgan fingerprint density at radius 1 is 1.48 bits per heavy atom. The largest absolute Gasteiger partial charge is 0.472 e. The van der Waals surface area contributed by atoms with E-state index in [0.717, 1.165) is 42.3 Å². The minimum atomic E-state index is -0.131. The van der Waals surface area contributed by atoms with Crippen molar-refractivity contribution < 1.29 is 13.9 Å². The lowest BCUT2D eigenvalue weighted by molar-refractivity contribution is -0.148. The zero-order valence-electron chi connectivity index (χ0n) is 14.8. The molecule has 1 aliphatic rings. The fourth-order valence-electron chi connectivity index (χ4n) is 3.16. The predicted octanol–water partition coefficient (Wildman–Crippen LogP) is 2.89. The molecule has 1 atom stereocenters. The second-order valence-corrected chi connectivity index (χ2v) is 6.42. The quantitative estimate of drug-likeness (QED) is 0.592. The lowest BCUT2D eigenvalue weighted by Crippen LogP contribution is -2.40. The number of hydrogen-bond acceptors (Lipinski definition) is 6. The molecule has 0 aliphatic carbocycles. The summed E-state index contributed by atoms with van der Waals surface area (Å²) >= 11 is 0. The highest BCUT2D eigenvalue weighted by atomic mass is 16.5. The Balaban J connectivity index is 1.88. The van der Waals surface area contributed by atoms with E-state index in [2.05, 4.69) is 21.7 Å². The first kappa shape index (κ1) is 17.3. The summed E-state index contributed by atoms with van der Waals surface area (Å²) < 4.78 is 12.4. The molecule has 3 heterocycles. The molecule has 134 valence electrons. The van der Waals surface area contributed by atoms with Crippen molar-refractivity contribution in [1.82, 2.24) is 14.8 Å². The Bertz CT molecular complexity index is 736. The summed E-state index contributed by atoms with van der Waals surface area (Å²) in [6.07, 6.45) is 5.04. The smallest absolute Gasteiger partial charge is 0.310 e. The molecular formula is C18H24N4O3. The van der Waals surface area contributed by atoms with E-state index in [1.807, 2.05) is 24.5 Å². The number of carbonyl (C=O) groups excluding carboxylic acids is 1. The number of piperidine rings is 1. The number of ether oxygens (including phenoxy) is 1. The number of nitrogens with zero attached hydrogens (tertiary/aromatic N) is 4. The second kappa shape index (κ2) is 7.55. The molecule has 0 saturated carbocycles. The van der Waals surface area contributed by atoms with Crippen molar-refractivity contribution in [2.75, 3.05) is 24.6 Å². The van der Waals surface area contributed by atoms with E-state index >= 15 is 0 Å². The van der Waals surface area contributed by atoms with Crippen LogP contribution >= 0.6 is 0 Å². The Labute approximate surface area is 147 Å². The number of furan rings is 1. The van der Waals surface area contributed by atoms with Crippen LogP contribution in [0.3, 0.4) is 0 Å². The first-order valence-corrected chi connectivity index (χ1v) is 8.62. The van der Waals surface area contributed by atoms with Gasteiger partial charge in [0.05, 0.1) is 24.4 Å². The monoisotopic (exact) mass is 344 g/mol. The minimum absolute atomic E-state index is 0.124. The third-order valence-corrected chi connectivity index (χ3v) is 4.26. The molecule has 0 amide bonds. The van der Waals surface area contributed by atoms with E-state index < -0.39 is 0 Å². The number of anilines is 1. The number of hydrogen-bond donors (Lipinski definition) is 0. The number of allylic oxidation sites excluding steroid dienone is 1. The molecule has 2 aromatic rings. The molecule has 0 aromatic carbocycles. The summed E-state index contributed by atoms with van der Waals surface area (Å²) in [6.45, 7) is 10.3. The fourth-order valence-corrected chi connectivity index (χ4v) is 3.16. The van der Waals surface area contributed by atoms with E-state index in [1.165, 1.54) is 0 Å². The summed E-state index contributed by atoms with van der Waals surface area (Å²) in [5.74, 6) is 1.24. The second-order valence-electron chi connectivity index (χ2n) is 6.42. The molecule has 0 N–H and O–H groups in total. The highest BCUT2D eigenvalue weighted by molar-refractivity contribution is 5.73. The Hall–Kier alpha value is -2.57. The molecule has 2 aromatic heterocycles. The fraction of sp³-hybridized carbons (Fsp3) is 0.500. The van der Waals surface area contributed by atoms with Crippen molar-refractivity contribution in [1.29, 1.82) is 0 Å². The van der Waals surface area contributed by atoms with Gasteiger partial charge in [-0.3, -0.25) is 9.36 Å². The summed E-state index contributed by atoms with van der Waals surface area (Å²) in [6, 6.07) is 1.86. The molecule has 1 aliphatic heterocycles. The lowest BCUT2D eigenvalue weighted by Gasteiger charge is -2.32. The number of rotatable bonds is 6. The van der Waals surface area contributed by atoms with Crippen LogP contribution in [0, 0.1) is 5.92 Å². The van der Waals surface area contributed by atoms with Crippen LogP contribution in [-0.4, -0.2) is 40.4 Å². The van der Waals surface area contributed by atoms with Crippen molar-refractivity contribution >= 4 is 11.9 Å².